The topological polar surface area (TPSA) is 74.6 Å². The summed E-state index contributed by atoms with van der Waals surface area (Å²) in [6.45, 7) is 13.4. The second kappa shape index (κ2) is 6.95. The molecule has 0 radical (unpaired) electrons. The summed E-state index contributed by atoms with van der Waals surface area (Å²) in [6.07, 6.45) is 10.1. The van der Waals surface area contributed by atoms with Crippen LogP contribution in [0.5, 0.6) is 0 Å². The van der Waals surface area contributed by atoms with Gasteiger partial charge in [-0.15, -0.1) is 0 Å². The van der Waals surface area contributed by atoms with Gasteiger partial charge in [0.1, 0.15) is 0 Å². The summed E-state index contributed by atoms with van der Waals surface area (Å²) >= 11 is 0. The molecule has 0 spiro atoms. The molecule has 5 aliphatic carbocycles. The van der Waals surface area contributed by atoms with E-state index in [-0.39, 0.29) is 39.6 Å². The second-order valence-corrected chi connectivity index (χ2v) is 14.3. The average molecular weight is 457 g/mol. The Kier molecular flexibility index (Phi) is 4.97. The fourth-order valence-corrected chi connectivity index (χ4v) is 9.84. The normalized spacial score (nSPS) is 53.1. The van der Waals surface area contributed by atoms with Crippen molar-refractivity contribution in [1.82, 2.24) is 0 Å². The van der Waals surface area contributed by atoms with Gasteiger partial charge in [0.15, 0.2) is 5.78 Å². The molecule has 1 unspecified atom stereocenters. The van der Waals surface area contributed by atoms with E-state index in [4.69, 9.17) is 0 Å². The second-order valence-electron chi connectivity index (χ2n) is 14.3. The van der Waals surface area contributed by atoms with Gasteiger partial charge in [0, 0.05) is 5.92 Å². The Hall–Kier alpha value is -1.16. The first-order valence-electron chi connectivity index (χ1n) is 13.4. The summed E-state index contributed by atoms with van der Waals surface area (Å²) in [6, 6.07) is 0. The van der Waals surface area contributed by atoms with Crippen molar-refractivity contribution in [3.8, 4) is 0 Å². The molecule has 2 N–H and O–H groups in total. The van der Waals surface area contributed by atoms with Gasteiger partial charge in [-0.05, 0) is 110 Å². The molecule has 184 valence electrons. The van der Waals surface area contributed by atoms with E-state index < -0.39 is 11.4 Å². The highest BCUT2D eigenvalue weighted by atomic mass is 16.4. The molecule has 5 rings (SSSR count). The fraction of sp³-hybridized carbons (Fsp3) is 0.862. The van der Waals surface area contributed by atoms with Gasteiger partial charge in [-0.2, -0.15) is 0 Å². The summed E-state index contributed by atoms with van der Waals surface area (Å²) in [5, 5.41) is 20.8. The molecule has 0 aliphatic heterocycles. The van der Waals surface area contributed by atoms with Crippen LogP contribution in [0, 0.1) is 50.7 Å². The van der Waals surface area contributed by atoms with Crippen LogP contribution < -0.4 is 0 Å². The molecule has 4 saturated carbocycles. The summed E-state index contributed by atoms with van der Waals surface area (Å²) < 4.78 is 0. The predicted octanol–water partition coefficient (Wildman–Crippen LogP) is 6.02. The van der Waals surface area contributed by atoms with Crippen LogP contribution in [-0.2, 0) is 9.59 Å². The van der Waals surface area contributed by atoms with E-state index in [1.165, 1.54) is 5.57 Å². The third-order valence-corrected chi connectivity index (χ3v) is 12.3. The lowest BCUT2D eigenvalue weighted by atomic mass is 9.38. The third-order valence-electron chi connectivity index (χ3n) is 12.3. The van der Waals surface area contributed by atoms with Crippen molar-refractivity contribution in [2.75, 3.05) is 0 Å². The largest absolute Gasteiger partial charge is 0.481 e. The molecular weight excluding hydrogens is 412 g/mol. The number of aliphatic carboxylic acids is 1. The van der Waals surface area contributed by atoms with Crippen molar-refractivity contribution in [2.24, 2.45) is 50.7 Å². The van der Waals surface area contributed by atoms with Crippen LogP contribution in [0.25, 0.3) is 0 Å². The maximum atomic E-state index is 14.0. The van der Waals surface area contributed by atoms with Gasteiger partial charge in [-0.25, -0.2) is 0 Å². The van der Waals surface area contributed by atoms with Crippen LogP contribution in [0.4, 0.5) is 0 Å². The number of carboxylic acids is 1. The van der Waals surface area contributed by atoms with Crippen molar-refractivity contribution >= 4 is 11.8 Å². The van der Waals surface area contributed by atoms with Crippen LogP contribution in [0.3, 0.4) is 0 Å². The van der Waals surface area contributed by atoms with Gasteiger partial charge in [-0.1, -0.05) is 40.2 Å². The molecule has 5 aliphatic rings. The highest BCUT2D eigenvalue weighted by molar-refractivity contribution is 5.95. The highest BCUT2D eigenvalue weighted by Gasteiger charge is 2.66. The molecule has 0 aromatic carbocycles. The van der Waals surface area contributed by atoms with Gasteiger partial charge in [0.05, 0.1) is 11.5 Å². The quantitative estimate of drug-likeness (QED) is 0.506. The number of carbonyl (C=O) groups is 2. The molecule has 0 saturated heterocycles. The Bertz CT molecular complexity index is 919. The molecule has 4 nitrogen and oxygen atoms in total. The number of carbonyl (C=O) groups excluding carboxylic acids is 1. The number of hydrogen-bond donors (Lipinski definition) is 2. The number of fused-ring (bicyclic) bond motifs is 7. The number of aliphatic hydroxyl groups excluding tert-OH is 1. The zero-order valence-corrected chi connectivity index (χ0v) is 21.5. The smallest absolute Gasteiger partial charge is 0.309 e. The van der Waals surface area contributed by atoms with Gasteiger partial charge >= 0.3 is 5.97 Å². The van der Waals surface area contributed by atoms with Crippen LogP contribution in [0.15, 0.2) is 11.6 Å². The molecule has 9 atom stereocenters. The first-order chi connectivity index (χ1) is 15.2. The number of aliphatic hydroxyl groups is 1. The van der Waals surface area contributed by atoms with Crippen molar-refractivity contribution in [1.29, 1.82) is 0 Å². The van der Waals surface area contributed by atoms with Crippen molar-refractivity contribution < 1.29 is 19.8 Å². The van der Waals surface area contributed by atoms with Gasteiger partial charge in [-0.3, -0.25) is 9.59 Å². The van der Waals surface area contributed by atoms with E-state index in [0.29, 0.717) is 24.0 Å². The van der Waals surface area contributed by atoms with E-state index in [1.807, 2.05) is 13.0 Å². The van der Waals surface area contributed by atoms with E-state index >= 15 is 0 Å². The predicted molar refractivity (Wildman–Crippen MR) is 128 cm³/mol. The first-order valence-corrected chi connectivity index (χ1v) is 13.4. The average Bonchev–Trinajstić information content (AvgIpc) is 2.73. The molecule has 0 bridgehead atoms. The summed E-state index contributed by atoms with van der Waals surface area (Å²) in [7, 11) is 0. The monoisotopic (exact) mass is 456 g/mol. The van der Waals surface area contributed by atoms with E-state index in [1.54, 1.807) is 0 Å². The minimum absolute atomic E-state index is 0.0201. The molecule has 4 fully saturated rings. The summed E-state index contributed by atoms with van der Waals surface area (Å²) in [4.78, 5) is 26.2. The van der Waals surface area contributed by atoms with E-state index in [9.17, 15) is 19.8 Å². The van der Waals surface area contributed by atoms with E-state index in [0.717, 1.165) is 51.4 Å². The third kappa shape index (κ3) is 2.98. The maximum absolute atomic E-state index is 14.0. The Morgan fingerprint density at radius 2 is 1.61 bits per heavy atom. The van der Waals surface area contributed by atoms with Gasteiger partial charge in [0.2, 0.25) is 0 Å². The number of allylic oxidation sites excluding steroid dienone is 2. The molecule has 0 heterocycles. The number of ketones is 1. The molecule has 4 heteroatoms. The number of hydrogen-bond acceptors (Lipinski definition) is 3. The standard InChI is InChI=1S/C29H44O4/c1-25(2)21-8-7-17-23(29(21,6)10-9-22(25)31)20(30)15-18-19-16-27(4,24(32)33)12-11-26(19,3)13-14-28(17,18)5/h15,17,19,21-23,31H,7-14,16H2,1-6H3,(H,32,33)/t17?,19-,21-,22-,23+,26+,27-,28-,29-/m0/s1. The molecule has 0 amide bonds. The zero-order valence-electron chi connectivity index (χ0n) is 21.5. The van der Waals surface area contributed by atoms with Crippen LogP contribution in [0.2, 0.25) is 0 Å². The lowest BCUT2D eigenvalue weighted by molar-refractivity contribution is -0.177. The lowest BCUT2D eigenvalue weighted by Gasteiger charge is -2.66. The zero-order chi connectivity index (χ0) is 24.2. The van der Waals surface area contributed by atoms with Crippen molar-refractivity contribution in [2.45, 2.75) is 105 Å². The Balaban J connectivity index is 1.57. The Morgan fingerprint density at radius 3 is 2.27 bits per heavy atom. The summed E-state index contributed by atoms with van der Waals surface area (Å²) in [5.41, 5.74) is 0.430. The minimum atomic E-state index is -0.698. The fourth-order valence-electron chi connectivity index (χ4n) is 9.84. The summed E-state index contributed by atoms with van der Waals surface area (Å²) in [5.74, 6) is 0.505. The first kappa shape index (κ1) is 23.6. The Labute approximate surface area is 199 Å². The maximum Gasteiger partial charge on any atom is 0.309 e. The van der Waals surface area contributed by atoms with Gasteiger partial charge in [0.25, 0.3) is 0 Å². The van der Waals surface area contributed by atoms with Crippen LogP contribution >= 0.6 is 0 Å². The SMILES string of the molecule is CC1(C)[C@@H](O)CC[C@]2(C)[C@H]3C(=O)C=C4[C@@H]5C[C@@](C)(C(=O)O)CC[C@]5(C)CC[C@@]4(C)C3CC[C@@H]12. The van der Waals surface area contributed by atoms with Crippen molar-refractivity contribution in [3.05, 3.63) is 11.6 Å². The Morgan fingerprint density at radius 1 is 0.939 bits per heavy atom. The number of rotatable bonds is 1. The lowest BCUT2D eigenvalue weighted by Crippen LogP contribution is -2.62. The molecular formula is C29H44O4. The minimum Gasteiger partial charge on any atom is -0.481 e. The molecule has 0 aromatic rings. The molecule has 33 heavy (non-hydrogen) atoms. The van der Waals surface area contributed by atoms with Gasteiger partial charge < -0.3 is 10.2 Å². The number of carboxylic acid groups (broad SMARTS) is 1. The van der Waals surface area contributed by atoms with Crippen LogP contribution in [-0.4, -0.2) is 28.1 Å². The van der Waals surface area contributed by atoms with Crippen LogP contribution in [0.1, 0.15) is 99.3 Å². The van der Waals surface area contributed by atoms with E-state index in [2.05, 4.69) is 34.6 Å². The molecule has 0 aromatic heterocycles. The highest BCUT2D eigenvalue weighted by Crippen LogP contribution is 2.70. The van der Waals surface area contributed by atoms with Crippen molar-refractivity contribution in [3.63, 3.8) is 0 Å².